The SMILES string of the molecule is COC(=O)c1ccccc1NCC(=O)N1CCN(c2ccc(F)cc2)CC1. The van der Waals surface area contributed by atoms with E-state index in [1.165, 1.54) is 19.2 Å². The zero-order valence-electron chi connectivity index (χ0n) is 15.2. The third-order valence-electron chi connectivity index (χ3n) is 4.59. The maximum absolute atomic E-state index is 13.0. The Labute approximate surface area is 157 Å². The second kappa shape index (κ2) is 8.53. The molecule has 1 amide bonds. The number of hydrogen-bond acceptors (Lipinski definition) is 5. The molecule has 0 atom stereocenters. The van der Waals surface area contributed by atoms with Gasteiger partial charge in [-0.15, -0.1) is 0 Å². The van der Waals surface area contributed by atoms with Crippen molar-refractivity contribution in [2.24, 2.45) is 0 Å². The number of anilines is 2. The van der Waals surface area contributed by atoms with E-state index < -0.39 is 5.97 Å². The summed E-state index contributed by atoms with van der Waals surface area (Å²) >= 11 is 0. The molecule has 3 rings (SSSR count). The minimum Gasteiger partial charge on any atom is -0.465 e. The monoisotopic (exact) mass is 371 g/mol. The van der Waals surface area contributed by atoms with Gasteiger partial charge in [-0.05, 0) is 36.4 Å². The Balaban J connectivity index is 1.53. The van der Waals surface area contributed by atoms with E-state index in [-0.39, 0.29) is 18.3 Å². The Bertz CT molecular complexity index is 802. The van der Waals surface area contributed by atoms with Gasteiger partial charge in [0.25, 0.3) is 0 Å². The van der Waals surface area contributed by atoms with E-state index in [1.54, 1.807) is 41.3 Å². The fourth-order valence-electron chi connectivity index (χ4n) is 3.07. The third-order valence-corrected chi connectivity index (χ3v) is 4.59. The smallest absolute Gasteiger partial charge is 0.339 e. The maximum atomic E-state index is 13.0. The molecule has 0 spiro atoms. The average Bonchev–Trinajstić information content (AvgIpc) is 2.72. The van der Waals surface area contributed by atoms with E-state index in [0.717, 1.165) is 5.69 Å². The molecule has 2 aromatic carbocycles. The third kappa shape index (κ3) is 4.55. The number of ether oxygens (including phenoxy) is 1. The standard InChI is InChI=1S/C20H22FN3O3/c1-27-20(26)17-4-2-3-5-18(17)22-14-19(25)24-12-10-23(11-13-24)16-8-6-15(21)7-9-16/h2-9,22H,10-14H2,1H3. The molecule has 6 nitrogen and oxygen atoms in total. The molecule has 1 N–H and O–H groups in total. The van der Waals surface area contributed by atoms with Crippen molar-refractivity contribution >= 4 is 23.3 Å². The van der Waals surface area contributed by atoms with Crippen LogP contribution in [0.2, 0.25) is 0 Å². The van der Waals surface area contributed by atoms with Crippen molar-refractivity contribution in [1.82, 2.24) is 4.90 Å². The van der Waals surface area contributed by atoms with E-state index in [1.807, 2.05) is 0 Å². The van der Waals surface area contributed by atoms with Crippen LogP contribution in [0.5, 0.6) is 0 Å². The number of piperazine rings is 1. The predicted molar refractivity (Wildman–Crippen MR) is 101 cm³/mol. The quantitative estimate of drug-likeness (QED) is 0.818. The lowest BCUT2D eigenvalue weighted by Crippen LogP contribution is -2.50. The summed E-state index contributed by atoms with van der Waals surface area (Å²) in [5.74, 6) is -0.738. The molecule has 0 unspecified atom stereocenters. The largest absolute Gasteiger partial charge is 0.465 e. The molecule has 0 radical (unpaired) electrons. The van der Waals surface area contributed by atoms with Gasteiger partial charge in [-0.25, -0.2) is 9.18 Å². The van der Waals surface area contributed by atoms with Gasteiger partial charge >= 0.3 is 5.97 Å². The summed E-state index contributed by atoms with van der Waals surface area (Å²) in [4.78, 5) is 28.2. The summed E-state index contributed by atoms with van der Waals surface area (Å²) in [6.45, 7) is 2.67. The Hall–Kier alpha value is -3.09. The number of amides is 1. The Morgan fingerprint density at radius 2 is 1.70 bits per heavy atom. The van der Waals surface area contributed by atoms with Gasteiger partial charge < -0.3 is 19.9 Å². The van der Waals surface area contributed by atoms with E-state index in [2.05, 4.69) is 10.2 Å². The molecule has 142 valence electrons. The number of nitrogens with one attached hydrogen (secondary N) is 1. The van der Waals surface area contributed by atoms with E-state index in [9.17, 15) is 14.0 Å². The Morgan fingerprint density at radius 3 is 2.37 bits per heavy atom. The van der Waals surface area contributed by atoms with Crippen LogP contribution >= 0.6 is 0 Å². The number of methoxy groups -OCH3 is 1. The second-order valence-electron chi connectivity index (χ2n) is 6.23. The number of para-hydroxylation sites is 1. The number of esters is 1. The van der Waals surface area contributed by atoms with Crippen molar-refractivity contribution in [3.8, 4) is 0 Å². The average molecular weight is 371 g/mol. The van der Waals surface area contributed by atoms with Crippen molar-refractivity contribution in [3.63, 3.8) is 0 Å². The molecule has 1 heterocycles. The van der Waals surface area contributed by atoms with Crippen molar-refractivity contribution < 1.29 is 18.7 Å². The molecule has 0 aromatic heterocycles. The van der Waals surface area contributed by atoms with Crippen LogP contribution in [0, 0.1) is 5.82 Å². The first-order valence-electron chi connectivity index (χ1n) is 8.78. The van der Waals surface area contributed by atoms with Crippen LogP contribution in [-0.4, -0.2) is 56.6 Å². The molecule has 1 aliphatic rings. The zero-order chi connectivity index (χ0) is 19.2. The highest BCUT2D eigenvalue weighted by atomic mass is 19.1. The fourth-order valence-corrected chi connectivity index (χ4v) is 3.07. The number of carbonyl (C=O) groups excluding carboxylic acids is 2. The molecule has 0 bridgehead atoms. The van der Waals surface area contributed by atoms with Crippen LogP contribution < -0.4 is 10.2 Å². The highest BCUT2D eigenvalue weighted by Crippen LogP contribution is 2.18. The topological polar surface area (TPSA) is 61.9 Å². The van der Waals surface area contributed by atoms with Crippen LogP contribution in [0.15, 0.2) is 48.5 Å². The molecule has 0 saturated carbocycles. The summed E-state index contributed by atoms with van der Waals surface area (Å²) in [7, 11) is 1.32. The van der Waals surface area contributed by atoms with Gasteiger partial charge in [0, 0.05) is 37.6 Å². The van der Waals surface area contributed by atoms with Gasteiger partial charge in [-0.2, -0.15) is 0 Å². The number of benzene rings is 2. The number of rotatable bonds is 5. The molecule has 2 aromatic rings. The molecule has 27 heavy (non-hydrogen) atoms. The molecular formula is C20H22FN3O3. The first-order valence-corrected chi connectivity index (χ1v) is 8.78. The second-order valence-corrected chi connectivity index (χ2v) is 6.23. The Morgan fingerprint density at radius 1 is 1.04 bits per heavy atom. The van der Waals surface area contributed by atoms with E-state index in [4.69, 9.17) is 4.74 Å². The molecule has 0 aliphatic carbocycles. The molecule has 1 saturated heterocycles. The minimum atomic E-state index is -0.446. The van der Waals surface area contributed by atoms with Crippen LogP contribution in [0.4, 0.5) is 15.8 Å². The van der Waals surface area contributed by atoms with Gasteiger partial charge in [-0.3, -0.25) is 4.79 Å². The number of hydrogen-bond donors (Lipinski definition) is 1. The van der Waals surface area contributed by atoms with E-state index >= 15 is 0 Å². The van der Waals surface area contributed by atoms with Crippen molar-refractivity contribution in [2.45, 2.75) is 0 Å². The lowest BCUT2D eigenvalue weighted by Gasteiger charge is -2.36. The number of nitrogens with zero attached hydrogens (tertiary/aromatic N) is 2. The molecule has 1 aliphatic heterocycles. The summed E-state index contributed by atoms with van der Waals surface area (Å²) in [5.41, 5.74) is 1.92. The van der Waals surface area contributed by atoms with Crippen LogP contribution in [0.1, 0.15) is 10.4 Å². The lowest BCUT2D eigenvalue weighted by atomic mass is 10.2. The van der Waals surface area contributed by atoms with Crippen LogP contribution in [-0.2, 0) is 9.53 Å². The van der Waals surface area contributed by atoms with Crippen LogP contribution in [0.3, 0.4) is 0 Å². The first kappa shape index (κ1) is 18.7. The molecule has 1 fully saturated rings. The van der Waals surface area contributed by atoms with Crippen LogP contribution in [0.25, 0.3) is 0 Å². The first-order chi connectivity index (χ1) is 13.1. The van der Waals surface area contributed by atoms with Gasteiger partial charge in [0.15, 0.2) is 0 Å². The van der Waals surface area contributed by atoms with Gasteiger partial charge in [0.1, 0.15) is 5.82 Å². The van der Waals surface area contributed by atoms with E-state index in [0.29, 0.717) is 37.4 Å². The predicted octanol–water partition coefficient (Wildman–Crippen LogP) is 2.37. The fraction of sp³-hybridized carbons (Fsp3) is 0.300. The summed E-state index contributed by atoms with van der Waals surface area (Å²) in [5, 5.41) is 3.03. The lowest BCUT2D eigenvalue weighted by molar-refractivity contribution is -0.129. The van der Waals surface area contributed by atoms with Gasteiger partial charge in [-0.1, -0.05) is 12.1 Å². The highest BCUT2D eigenvalue weighted by Gasteiger charge is 2.21. The number of halogens is 1. The molecular weight excluding hydrogens is 349 g/mol. The van der Waals surface area contributed by atoms with Gasteiger partial charge in [0.05, 0.1) is 19.2 Å². The minimum absolute atomic E-state index is 0.0339. The van der Waals surface area contributed by atoms with Gasteiger partial charge in [0.2, 0.25) is 5.91 Å². The van der Waals surface area contributed by atoms with Crippen molar-refractivity contribution in [2.75, 3.05) is 50.1 Å². The van der Waals surface area contributed by atoms with Crippen molar-refractivity contribution in [1.29, 1.82) is 0 Å². The normalized spacial score (nSPS) is 14.0. The summed E-state index contributed by atoms with van der Waals surface area (Å²) in [6.07, 6.45) is 0. The zero-order valence-corrected chi connectivity index (χ0v) is 15.2. The highest BCUT2D eigenvalue weighted by molar-refractivity contribution is 5.96. The maximum Gasteiger partial charge on any atom is 0.339 e. The molecule has 7 heteroatoms. The Kier molecular flexibility index (Phi) is 5.90. The van der Waals surface area contributed by atoms with Crippen molar-refractivity contribution in [3.05, 3.63) is 59.9 Å². The summed E-state index contributed by atoms with van der Waals surface area (Å²) < 4.78 is 17.8. The summed E-state index contributed by atoms with van der Waals surface area (Å²) in [6, 6.07) is 13.3. The number of carbonyl (C=O) groups is 2.